The van der Waals surface area contributed by atoms with E-state index in [-0.39, 0.29) is 0 Å². The topological polar surface area (TPSA) is 84.5 Å². The second-order valence-electron chi connectivity index (χ2n) is 3.69. The summed E-state index contributed by atoms with van der Waals surface area (Å²) in [6.07, 6.45) is 4.96. The van der Waals surface area contributed by atoms with Gasteiger partial charge in [-0.05, 0) is 20.3 Å². The van der Waals surface area contributed by atoms with Gasteiger partial charge in [0.05, 0.1) is 12.1 Å². The summed E-state index contributed by atoms with van der Waals surface area (Å²) < 4.78 is 31.4. The Morgan fingerprint density at radius 2 is 2.06 bits per heavy atom. The lowest BCUT2D eigenvalue weighted by molar-refractivity contribution is 0.121. The van der Waals surface area contributed by atoms with E-state index in [1.165, 1.54) is 0 Å². The van der Waals surface area contributed by atoms with E-state index in [1.54, 1.807) is 18.6 Å². The van der Waals surface area contributed by atoms with Crippen molar-refractivity contribution in [1.82, 2.24) is 9.44 Å². The molecule has 0 aromatic carbocycles. The third kappa shape index (κ3) is 7.60. The molecule has 2 N–H and O–H groups in total. The van der Waals surface area contributed by atoms with Crippen molar-refractivity contribution in [2.75, 3.05) is 0 Å². The monoisotopic (exact) mass is 262 g/mol. The molecule has 0 bridgehead atoms. The van der Waals surface area contributed by atoms with Gasteiger partial charge in [-0.25, -0.2) is 9.52 Å². The molecule has 6 nitrogen and oxygen atoms in total. The van der Waals surface area contributed by atoms with Crippen LogP contribution in [0.2, 0.25) is 0 Å². The minimum absolute atomic E-state index is 0.399. The van der Waals surface area contributed by atoms with Crippen LogP contribution in [-0.2, 0) is 14.9 Å². The van der Waals surface area contributed by atoms with Crippen LogP contribution in [0.1, 0.15) is 33.6 Å². The van der Waals surface area contributed by atoms with E-state index in [9.17, 15) is 13.2 Å². The molecule has 0 saturated heterocycles. The lowest BCUT2D eigenvalue weighted by Crippen LogP contribution is -2.45. The summed E-state index contributed by atoms with van der Waals surface area (Å²) >= 11 is 0. The minimum Gasteiger partial charge on any atom is -0.446 e. The average Bonchev–Trinajstić information content (AvgIpc) is 2.14. The van der Waals surface area contributed by atoms with Gasteiger partial charge in [-0.15, -0.1) is 6.42 Å². The molecule has 7 heteroatoms. The van der Waals surface area contributed by atoms with Crippen molar-refractivity contribution in [2.24, 2.45) is 0 Å². The standard InChI is InChI=1S/C10H18N2O4S/c1-5-7-9(6-2)11-17(14,15)12-10(13)16-8(3)4/h2,8-9,11H,5,7H2,1,3-4H3,(H,12,13). The van der Waals surface area contributed by atoms with Gasteiger partial charge < -0.3 is 4.74 Å². The molecule has 1 amide bonds. The molecule has 1 atom stereocenters. The number of nitrogens with one attached hydrogen (secondary N) is 2. The Kier molecular flexibility index (Phi) is 6.61. The zero-order chi connectivity index (χ0) is 13.5. The van der Waals surface area contributed by atoms with E-state index >= 15 is 0 Å². The maximum atomic E-state index is 11.4. The molecule has 0 saturated carbocycles. The van der Waals surface area contributed by atoms with Gasteiger partial charge in [-0.2, -0.15) is 13.1 Å². The highest BCUT2D eigenvalue weighted by atomic mass is 32.2. The van der Waals surface area contributed by atoms with Crippen LogP contribution < -0.4 is 9.44 Å². The predicted molar refractivity (Wildman–Crippen MR) is 64.3 cm³/mol. The molecule has 1 unspecified atom stereocenters. The third-order valence-electron chi connectivity index (χ3n) is 1.64. The highest BCUT2D eigenvalue weighted by molar-refractivity contribution is 7.88. The average molecular weight is 262 g/mol. The van der Waals surface area contributed by atoms with E-state index in [4.69, 9.17) is 6.42 Å². The number of hydrogen-bond acceptors (Lipinski definition) is 4. The molecule has 17 heavy (non-hydrogen) atoms. The third-order valence-corrected chi connectivity index (χ3v) is 2.67. The van der Waals surface area contributed by atoms with E-state index < -0.39 is 28.4 Å². The van der Waals surface area contributed by atoms with Crippen LogP contribution in [0.4, 0.5) is 4.79 Å². The van der Waals surface area contributed by atoms with Crippen molar-refractivity contribution in [3.8, 4) is 12.3 Å². The first-order chi connectivity index (χ1) is 7.80. The summed E-state index contributed by atoms with van der Waals surface area (Å²) in [5, 5.41) is 0. The first-order valence-electron chi connectivity index (χ1n) is 5.27. The van der Waals surface area contributed by atoms with Gasteiger partial charge in [-0.1, -0.05) is 19.3 Å². The van der Waals surface area contributed by atoms with Crippen molar-refractivity contribution in [2.45, 2.75) is 45.8 Å². The van der Waals surface area contributed by atoms with Crippen molar-refractivity contribution in [1.29, 1.82) is 0 Å². The Balaban J connectivity index is 4.39. The molecule has 0 radical (unpaired) electrons. The minimum atomic E-state index is -3.98. The quantitative estimate of drug-likeness (QED) is 0.692. The largest absolute Gasteiger partial charge is 0.446 e. The highest BCUT2D eigenvalue weighted by Crippen LogP contribution is 1.97. The lowest BCUT2D eigenvalue weighted by atomic mass is 10.2. The maximum absolute atomic E-state index is 11.4. The van der Waals surface area contributed by atoms with Gasteiger partial charge in [0.1, 0.15) is 0 Å². The van der Waals surface area contributed by atoms with Crippen LogP contribution in [-0.4, -0.2) is 26.7 Å². The number of ether oxygens (including phenoxy) is 1. The van der Waals surface area contributed by atoms with Crippen LogP contribution in [0.5, 0.6) is 0 Å². The highest BCUT2D eigenvalue weighted by Gasteiger charge is 2.19. The Morgan fingerprint density at radius 1 is 1.47 bits per heavy atom. The number of carbonyl (C=O) groups is 1. The fraction of sp³-hybridized carbons (Fsp3) is 0.700. The van der Waals surface area contributed by atoms with Gasteiger partial charge >= 0.3 is 16.3 Å². The summed E-state index contributed by atoms with van der Waals surface area (Å²) in [4.78, 5) is 11.1. The zero-order valence-electron chi connectivity index (χ0n) is 10.2. The van der Waals surface area contributed by atoms with Crippen molar-refractivity contribution in [3.63, 3.8) is 0 Å². The van der Waals surface area contributed by atoms with Crippen molar-refractivity contribution in [3.05, 3.63) is 0 Å². The molecule has 0 aliphatic heterocycles. The number of terminal acetylenes is 1. The van der Waals surface area contributed by atoms with Crippen LogP contribution in [0, 0.1) is 12.3 Å². The normalized spacial score (nSPS) is 12.9. The van der Waals surface area contributed by atoms with E-state index in [0.29, 0.717) is 6.42 Å². The van der Waals surface area contributed by atoms with E-state index in [0.717, 1.165) is 6.42 Å². The van der Waals surface area contributed by atoms with Gasteiger partial charge in [0.2, 0.25) is 0 Å². The van der Waals surface area contributed by atoms with Gasteiger partial charge in [0.25, 0.3) is 0 Å². The van der Waals surface area contributed by atoms with Crippen molar-refractivity contribution < 1.29 is 17.9 Å². The molecule has 0 heterocycles. The molecule has 98 valence electrons. The summed E-state index contributed by atoms with van der Waals surface area (Å²) in [6.45, 7) is 5.10. The fourth-order valence-electron chi connectivity index (χ4n) is 1.03. The molecule has 0 aromatic rings. The van der Waals surface area contributed by atoms with Crippen LogP contribution in [0.15, 0.2) is 0 Å². The Morgan fingerprint density at radius 3 is 2.47 bits per heavy atom. The summed E-state index contributed by atoms with van der Waals surface area (Å²) in [5.41, 5.74) is 0. The van der Waals surface area contributed by atoms with Crippen LogP contribution in [0.3, 0.4) is 0 Å². The Labute approximate surface area is 102 Å². The molecule has 0 fully saturated rings. The van der Waals surface area contributed by atoms with E-state index in [1.807, 2.05) is 6.92 Å². The zero-order valence-corrected chi connectivity index (χ0v) is 11.0. The second kappa shape index (κ2) is 7.14. The summed E-state index contributed by atoms with van der Waals surface area (Å²) in [5.74, 6) is 2.29. The first kappa shape index (κ1) is 15.7. The predicted octanol–water partition coefficient (Wildman–Crippen LogP) is 0.757. The Hall–Kier alpha value is -1.26. The number of rotatable bonds is 6. The summed E-state index contributed by atoms with van der Waals surface area (Å²) in [6, 6.07) is -0.635. The smallest absolute Gasteiger partial charge is 0.422 e. The Bertz CT molecular complexity index is 384. The molecule has 0 aromatic heterocycles. The SMILES string of the molecule is C#CC(CCC)NS(=O)(=O)NC(=O)OC(C)C. The van der Waals surface area contributed by atoms with E-state index in [2.05, 4.69) is 15.4 Å². The number of amides is 1. The number of hydrogen-bond donors (Lipinski definition) is 2. The molecular formula is C10H18N2O4S. The second-order valence-corrected chi connectivity index (χ2v) is 5.13. The van der Waals surface area contributed by atoms with Gasteiger partial charge in [0.15, 0.2) is 0 Å². The fourth-order valence-corrected chi connectivity index (χ4v) is 1.92. The first-order valence-corrected chi connectivity index (χ1v) is 6.75. The van der Waals surface area contributed by atoms with Crippen molar-refractivity contribution >= 4 is 16.3 Å². The molecule has 0 aliphatic rings. The molecular weight excluding hydrogens is 244 g/mol. The van der Waals surface area contributed by atoms with Crippen LogP contribution >= 0.6 is 0 Å². The molecule has 0 aliphatic carbocycles. The maximum Gasteiger partial charge on any atom is 0.422 e. The van der Waals surface area contributed by atoms with Gasteiger partial charge in [0, 0.05) is 0 Å². The number of carbonyl (C=O) groups excluding carboxylic acids is 1. The summed E-state index contributed by atoms with van der Waals surface area (Å²) in [7, 11) is -3.98. The molecule has 0 spiro atoms. The van der Waals surface area contributed by atoms with Crippen LogP contribution in [0.25, 0.3) is 0 Å². The van der Waals surface area contributed by atoms with Gasteiger partial charge in [-0.3, -0.25) is 0 Å². The molecule has 0 rings (SSSR count). The lowest BCUT2D eigenvalue weighted by Gasteiger charge is -2.14.